The number of amides is 1. The zero-order chi connectivity index (χ0) is 14.6. The van der Waals surface area contributed by atoms with Crippen LogP contribution in [0.25, 0.3) is 0 Å². The van der Waals surface area contributed by atoms with E-state index in [1.807, 2.05) is 4.90 Å². The van der Waals surface area contributed by atoms with Crippen molar-refractivity contribution in [3.05, 3.63) is 0 Å². The lowest BCUT2D eigenvalue weighted by Gasteiger charge is -2.42. The Labute approximate surface area is 121 Å². The first-order valence-corrected chi connectivity index (χ1v) is 7.72. The van der Waals surface area contributed by atoms with Crippen LogP contribution in [0, 0.1) is 5.41 Å². The molecule has 116 valence electrons. The van der Waals surface area contributed by atoms with Gasteiger partial charge in [0.25, 0.3) is 0 Å². The SMILES string of the molecule is CC1(C)CN(C(=O)CCOCC2CCCO2)CCC1N. The quantitative estimate of drug-likeness (QED) is 0.769. The predicted octanol–water partition coefficient (Wildman–Crippen LogP) is 1.16. The summed E-state index contributed by atoms with van der Waals surface area (Å²) in [5.41, 5.74) is 6.10. The van der Waals surface area contributed by atoms with Gasteiger partial charge in [0, 0.05) is 25.7 Å². The summed E-state index contributed by atoms with van der Waals surface area (Å²) in [6.45, 7) is 7.73. The molecular formula is C15H28N2O3. The maximum atomic E-state index is 12.2. The zero-order valence-electron chi connectivity index (χ0n) is 12.8. The van der Waals surface area contributed by atoms with E-state index in [4.69, 9.17) is 15.2 Å². The molecule has 2 heterocycles. The van der Waals surface area contributed by atoms with Crippen molar-refractivity contribution in [3.8, 4) is 0 Å². The Morgan fingerprint density at radius 1 is 1.45 bits per heavy atom. The van der Waals surface area contributed by atoms with Crippen molar-refractivity contribution in [2.75, 3.05) is 32.9 Å². The molecule has 1 amide bonds. The van der Waals surface area contributed by atoms with Crippen molar-refractivity contribution in [2.24, 2.45) is 11.1 Å². The Balaban J connectivity index is 1.64. The number of piperidine rings is 1. The summed E-state index contributed by atoms with van der Waals surface area (Å²) in [7, 11) is 0. The van der Waals surface area contributed by atoms with Crippen molar-refractivity contribution in [3.63, 3.8) is 0 Å². The fourth-order valence-electron chi connectivity index (χ4n) is 2.89. The van der Waals surface area contributed by atoms with Gasteiger partial charge in [0.2, 0.25) is 5.91 Å². The van der Waals surface area contributed by atoms with Crippen molar-refractivity contribution in [1.82, 2.24) is 4.90 Å². The standard InChI is InChI=1S/C15H28N2O3/c1-15(2)11-17(7-5-13(15)16)14(18)6-9-19-10-12-4-3-8-20-12/h12-13H,3-11,16H2,1-2H3. The molecule has 2 rings (SSSR count). The molecule has 0 aromatic carbocycles. The summed E-state index contributed by atoms with van der Waals surface area (Å²) in [6, 6.07) is 0.183. The molecule has 2 atom stereocenters. The van der Waals surface area contributed by atoms with Crippen LogP contribution in [0.1, 0.15) is 39.5 Å². The van der Waals surface area contributed by atoms with Gasteiger partial charge in [-0.2, -0.15) is 0 Å². The highest BCUT2D eigenvalue weighted by atomic mass is 16.5. The molecule has 0 aromatic rings. The van der Waals surface area contributed by atoms with Crippen LogP contribution < -0.4 is 5.73 Å². The number of carbonyl (C=O) groups is 1. The van der Waals surface area contributed by atoms with Crippen LogP contribution in [0.15, 0.2) is 0 Å². The van der Waals surface area contributed by atoms with Gasteiger partial charge < -0.3 is 20.1 Å². The lowest BCUT2D eigenvalue weighted by Crippen LogP contribution is -2.54. The van der Waals surface area contributed by atoms with E-state index in [1.54, 1.807) is 0 Å². The van der Waals surface area contributed by atoms with Crippen LogP contribution in [-0.2, 0) is 14.3 Å². The number of carbonyl (C=O) groups excluding carboxylic acids is 1. The summed E-state index contributed by atoms with van der Waals surface area (Å²) >= 11 is 0. The van der Waals surface area contributed by atoms with E-state index in [9.17, 15) is 4.79 Å². The molecule has 2 aliphatic rings. The molecule has 5 heteroatoms. The third-order valence-electron chi connectivity index (χ3n) is 4.45. The van der Waals surface area contributed by atoms with Crippen LogP contribution in [0.5, 0.6) is 0 Å². The minimum atomic E-state index is 0.00640. The Hall–Kier alpha value is -0.650. The van der Waals surface area contributed by atoms with Gasteiger partial charge in [0.1, 0.15) is 0 Å². The topological polar surface area (TPSA) is 64.8 Å². The van der Waals surface area contributed by atoms with Gasteiger partial charge in [-0.05, 0) is 24.7 Å². The summed E-state index contributed by atoms with van der Waals surface area (Å²) in [4.78, 5) is 14.1. The van der Waals surface area contributed by atoms with E-state index in [0.717, 1.165) is 39.0 Å². The molecule has 0 spiro atoms. The van der Waals surface area contributed by atoms with Crippen molar-refractivity contribution < 1.29 is 14.3 Å². The minimum absolute atomic E-state index is 0.00640. The number of nitrogens with zero attached hydrogens (tertiary/aromatic N) is 1. The number of rotatable bonds is 5. The fraction of sp³-hybridized carbons (Fsp3) is 0.933. The highest BCUT2D eigenvalue weighted by Gasteiger charge is 2.35. The molecule has 0 aliphatic carbocycles. The molecule has 0 radical (unpaired) electrons. The number of hydrogen-bond donors (Lipinski definition) is 1. The Bertz CT molecular complexity index is 327. The molecule has 0 aromatic heterocycles. The second kappa shape index (κ2) is 6.87. The largest absolute Gasteiger partial charge is 0.378 e. The van der Waals surface area contributed by atoms with Crippen molar-refractivity contribution in [2.45, 2.75) is 51.7 Å². The first kappa shape index (κ1) is 15.7. The zero-order valence-corrected chi connectivity index (χ0v) is 12.8. The van der Waals surface area contributed by atoms with Crippen LogP contribution in [0.2, 0.25) is 0 Å². The van der Waals surface area contributed by atoms with Gasteiger partial charge in [-0.3, -0.25) is 4.79 Å². The smallest absolute Gasteiger partial charge is 0.224 e. The second-order valence-electron chi connectivity index (χ2n) is 6.66. The third kappa shape index (κ3) is 4.17. The first-order valence-electron chi connectivity index (χ1n) is 7.72. The molecule has 2 N–H and O–H groups in total. The Kier molecular flexibility index (Phi) is 5.41. The van der Waals surface area contributed by atoms with Gasteiger partial charge in [0.05, 0.1) is 25.7 Å². The van der Waals surface area contributed by atoms with Gasteiger partial charge in [-0.1, -0.05) is 13.8 Å². The predicted molar refractivity (Wildman–Crippen MR) is 77.4 cm³/mol. The lowest BCUT2D eigenvalue weighted by atomic mass is 9.79. The average molecular weight is 284 g/mol. The van der Waals surface area contributed by atoms with Gasteiger partial charge >= 0.3 is 0 Å². The Morgan fingerprint density at radius 2 is 2.25 bits per heavy atom. The molecule has 5 nitrogen and oxygen atoms in total. The molecular weight excluding hydrogens is 256 g/mol. The normalized spacial score (nSPS) is 29.6. The van der Waals surface area contributed by atoms with Gasteiger partial charge in [-0.25, -0.2) is 0 Å². The monoisotopic (exact) mass is 284 g/mol. The summed E-state index contributed by atoms with van der Waals surface area (Å²) in [6.07, 6.45) is 3.77. The lowest BCUT2D eigenvalue weighted by molar-refractivity contribution is -0.136. The van der Waals surface area contributed by atoms with E-state index < -0.39 is 0 Å². The van der Waals surface area contributed by atoms with Crippen molar-refractivity contribution >= 4 is 5.91 Å². The summed E-state index contributed by atoms with van der Waals surface area (Å²) in [5.74, 6) is 0.178. The molecule has 0 bridgehead atoms. The van der Waals surface area contributed by atoms with E-state index in [-0.39, 0.29) is 23.5 Å². The van der Waals surface area contributed by atoms with Crippen LogP contribution in [-0.4, -0.2) is 55.9 Å². The molecule has 2 aliphatic heterocycles. The highest BCUT2D eigenvalue weighted by molar-refractivity contribution is 5.76. The van der Waals surface area contributed by atoms with E-state index in [0.29, 0.717) is 19.6 Å². The average Bonchev–Trinajstić information content (AvgIpc) is 2.90. The third-order valence-corrected chi connectivity index (χ3v) is 4.45. The maximum Gasteiger partial charge on any atom is 0.224 e. The molecule has 2 unspecified atom stereocenters. The Morgan fingerprint density at radius 3 is 2.90 bits per heavy atom. The van der Waals surface area contributed by atoms with E-state index >= 15 is 0 Å². The summed E-state index contributed by atoms with van der Waals surface area (Å²) in [5, 5.41) is 0. The molecule has 2 saturated heterocycles. The number of hydrogen-bond acceptors (Lipinski definition) is 4. The number of nitrogens with two attached hydrogens (primary N) is 1. The van der Waals surface area contributed by atoms with Crippen LogP contribution >= 0.6 is 0 Å². The molecule has 0 saturated carbocycles. The van der Waals surface area contributed by atoms with E-state index in [2.05, 4.69) is 13.8 Å². The highest BCUT2D eigenvalue weighted by Crippen LogP contribution is 2.27. The number of ether oxygens (including phenoxy) is 2. The summed E-state index contributed by atoms with van der Waals surface area (Å²) < 4.78 is 11.0. The molecule has 2 fully saturated rings. The first-order chi connectivity index (χ1) is 9.49. The van der Waals surface area contributed by atoms with E-state index in [1.165, 1.54) is 0 Å². The van der Waals surface area contributed by atoms with Crippen LogP contribution in [0.4, 0.5) is 0 Å². The fourth-order valence-corrected chi connectivity index (χ4v) is 2.89. The number of likely N-dealkylation sites (tertiary alicyclic amines) is 1. The molecule has 20 heavy (non-hydrogen) atoms. The minimum Gasteiger partial charge on any atom is -0.378 e. The van der Waals surface area contributed by atoms with Crippen LogP contribution in [0.3, 0.4) is 0 Å². The van der Waals surface area contributed by atoms with Gasteiger partial charge in [0.15, 0.2) is 0 Å². The maximum absolute atomic E-state index is 12.2. The second-order valence-corrected chi connectivity index (χ2v) is 6.66. The van der Waals surface area contributed by atoms with Crippen molar-refractivity contribution in [1.29, 1.82) is 0 Å². The van der Waals surface area contributed by atoms with Gasteiger partial charge in [-0.15, -0.1) is 0 Å².